The van der Waals surface area contributed by atoms with Gasteiger partial charge in [0.15, 0.2) is 17.5 Å². The molecule has 4 aromatic rings. The number of nitrogens with one attached hydrogen (secondary N) is 2. The Kier molecular flexibility index (Phi) is 5.47. The Hall–Kier alpha value is -4.41. The Morgan fingerprint density at radius 3 is 2.52 bits per heavy atom. The third kappa shape index (κ3) is 4.61. The zero-order chi connectivity index (χ0) is 21.8. The molecule has 0 aliphatic carbocycles. The highest BCUT2D eigenvalue weighted by molar-refractivity contribution is 5.99. The number of hydrogen-bond donors (Lipinski definition) is 2. The molecule has 8 nitrogen and oxygen atoms in total. The molecule has 0 fully saturated rings. The van der Waals surface area contributed by atoms with Gasteiger partial charge in [0.05, 0.1) is 5.69 Å². The number of carbonyl (C=O) groups is 1. The normalized spacial score (nSPS) is 10.5. The standard InChI is InChI=1S/C20H13F3N6O2/c21-14-5-6-15(19(23)18(14)22)28-20(30)27-12-1-3-13(4-2-12)31-17-9-16(25-10-26-17)29-8-7-24-11-29/h1-11H,(H2,27,28,30). The second-order valence-electron chi connectivity index (χ2n) is 6.11. The van der Waals surface area contributed by atoms with Crippen LogP contribution in [-0.2, 0) is 0 Å². The second kappa shape index (κ2) is 8.53. The highest BCUT2D eigenvalue weighted by atomic mass is 19.2. The van der Waals surface area contributed by atoms with Crippen LogP contribution in [-0.4, -0.2) is 25.6 Å². The van der Waals surface area contributed by atoms with Crippen molar-refractivity contribution < 1.29 is 22.7 Å². The maximum atomic E-state index is 13.7. The predicted octanol–water partition coefficient (Wildman–Crippen LogP) is 4.52. The van der Waals surface area contributed by atoms with Gasteiger partial charge in [-0.1, -0.05) is 0 Å². The van der Waals surface area contributed by atoms with Crippen LogP contribution >= 0.6 is 0 Å². The molecule has 0 aliphatic heterocycles. The lowest BCUT2D eigenvalue weighted by Gasteiger charge is -2.10. The minimum Gasteiger partial charge on any atom is -0.439 e. The molecule has 156 valence electrons. The Morgan fingerprint density at radius 2 is 1.77 bits per heavy atom. The van der Waals surface area contributed by atoms with Crippen molar-refractivity contribution in [3.8, 4) is 17.4 Å². The Bertz CT molecular complexity index is 1220. The summed E-state index contributed by atoms with van der Waals surface area (Å²) in [4.78, 5) is 24.1. The SMILES string of the molecule is O=C(Nc1ccc(Oc2cc(-n3ccnc3)ncn2)cc1)Nc1ccc(F)c(F)c1F. The molecule has 0 atom stereocenters. The molecule has 31 heavy (non-hydrogen) atoms. The quantitative estimate of drug-likeness (QED) is 0.458. The van der Waals surface area contributed by atoms with Gasteiger partial charge in [0.25, 0.3) is 0 Å². The van der Waals surface area contributed by atoms with Crippen molar-refractivity contribution in [1.82, 2.24) is 19.5 Å². The first-order chi connectivity index (χ1) is 15.0. The summed E-state index contributed by atoms with van der Waals surface area (Å²) >= 11 is 0. The molecule has 0 unspecified atom stereocenters. The average Bonchev–Trinajstić information content (AvgIpc) is 3.31. The Labute approximate surface area is 173 Å². The van der Waals surface area contributed by atoms with E-state index >= 15 is 0 Å². The van der Waals surface area contributed by atoms with Gasteiger partial charge >= 0.3 is 6.03 Å². The van der Waals surface area contributed by atoms with Crippen LogP contribution in [0.5, 0.6) is 11.6 Å². The van der Waals surface area contributed by atoms with E-state index in [1.54, 1.807) is 41.5 Å². The molecule has 2 aromatic carbocycles. The summed E-state index contributed by atoms with van der Waals surface area (Å²) in [7, 11) is 0. The molecule has 11 heteroatoms. The number of benzene rings is 2. The van der Waals surface area contributed by atoms with Gasteiger partial charge in [-0.05, 0) is 36.4 Å². The third-order valence-corrected chi connectivity index (χ3v) is 4.01. The van der Waals surface area contributed by atoms with E-state index in [0.717, 1.165) is 6.07 Å². The van der Waals surface area contributed by atoms with Crippen molar-refractivity contribution in [2.45, 2.75) is 0 Å². The maximum absolute atomic E-state index is 13.7. The molecule has 2 N–H and O–H groups in total. The van der Waals surface area contributed by atoms with Crippen LogP contribution in [0.4, 0.5) is 29.3 Å². The molecule has 0 spiro atoms. The van der Waals surface area contributed by atoms with Crippen molar-refractivity contribution in [1.29, 1.82) is 0 Å². The van der Waals surface area contributed by atoms with Crippen molar-refractivity contribution in [2.24, 2.45) is 0 Å². The predicted molar refractivity (Wildman–Crippen MR) is 105 cm³/mol. The van der Waals surface area contributed by atoms with Gasteiger partial charge in [0.1, 0.15) is 24.2 Å². The molecule has 0 radical (unpaired) electrons. The Morgan fingerprint density at radius 1 is 0.968 bits per heavy atom. The smallest absolute Gasteiger partial charge is 0.323 e. The van der Waals surface area contributed by atoms with E-state index in [9.17, 15) is 18.0 Å². The number of urea groups is 1. The first-order valence-corrected chi connectivity index (χ1v) is 8.79. The molecular weight excluding hydrogens is 413 g/mol. The van der Waals surface area contributed by atoms with E-state index in [2.05, 4.69) is 25.6 Å². The average molecular weight is 426 g/mol. The van der Waals surface area contributed by atoms with Crippen LogP contribution in [0.25, 0.3) is 5.82 Å². The van der Waals surface area contributed by atoms with Crippen LogP contribution < -0.4 is 15.4 Å². The lowest BCUT2D eigenvalue weighted by atomic mass is 10.3. The largest absolute Gasteiger partial charge is 0.439 e. The molecule has 0 saturated carbocycles. The van der Waals surface area contributed by atoms with Crippen LogP contribution in [0, 0.1) is 17.5 Å². The van der Waals surface area contributed by atoms with Crippen LogP contribution in [0.2, 0.25) is 0 Å². The monoisotopic (exact) mass is 426 g/mol. The lowest BCUT2D eigenvalue weighted by molar-refractivity contribution is 0.262. The number of hydrogen-bond acceptors (Lipinski definition) is 5. The van der Waals surface area contributed by atoms with Crippen LogP contribution in [0.1, 0.15) is 0 Å². The van der Waals surface area contributed by atoms with Crippen molar-refractivity contribution in [3.63, 3.8) is 0 Å². The van der Waals surface area contributed by atoms with Crippen LogP contribution in [0.3, 0.4) is 0 Å². The molecule has 2 amide bonds. The number of amides is 2. The number of halogens is 3. The number of carbonyl (C=O) groups excluding carboxylic acids is 1. The molecule has 2 heterocycles. The lowest BCUT2D eigenvalue weighted by Crippen LogP contribution is -2.20. The molecule has 0 bridgehead atoms. The fraction of sp³-hybridized carbons (Fsp3) is 0. The number of ether oxygens (including phenoxy) is 1. The summed E-state index contributed by atoms with van der Waals surface area (Å²) in [6, 6.07) is 8.65. The summed E-state index contributed by atoms with van der Waals surface area (Å²) in [5, 5.41) is 4.56. The molecular formula is C20H13F3N6O2. The first kappa shape index (κ1) is 19.9. The number of aromatic nitrogens is 4. The zero-order valence-electron chi connectivity index (χ0n) is 15.6. The maximum Gasteiger partial charge on any atom is 0.323 e. The zero-order valence-corrected chi connectivity index (χ0v) is 15.6. The highest BCUT2D eigenvalue weighted by Gasteiger charge is 2.15. The van der Waals surface area contributed by atoms with Gasteiger partial charge in [0.2, 0.25) is 5.88 Å². The van der Waals surface area contributed by atoms with E-state index in [-0.39, 0.29) is 0 Å². The Balaban J connectivity index is 1.39. The van der Waals surface area contributed by atoms with Gasteiger partial charge in [-0.3, -0.25) is 4.57 Å². The summed E-state index contributed by atoms with van der Waals surface area (Å²) in [6.07, 6.45) is 6.28. The van der Waals surface area contributed by atoms with E-state index in [4.69, 9.17) is 4.74 Å². The highest BCUT2D eigenvalue weighted by Crippen LogP contribution is 2.23. The molecule has 4 rings (SSSR count). The van der Waals surface area contributed by atoms with Crippen LogP contribution in [0.15, 0.2) is 67.5 Å². The van der Waals surface area contributed by atoms with Crippen molar-refractivity contribution in [2.75, 3.05) is 10.6 Å². The summed E-state index contributed by atoms with van der Waals surface area (Å²) in [6.45, 7) is 0. The number of anilines is 2. The number of imidazole rings is 1. The van der Waals surface area contributed by atoms with Gasteiger partial charge in [-0.25, -0.2) is 32.9 Å². The molecule has 0 aliphatic rings. The van der Waals surface area contributed by atoms with E-state index in [0.29, 0.717) is 29.2 Å². The summed E-state index contributed by atoms with van der Waals surface area (Å²) in [5.74, 6) is -3.19. The number of nitrogens with zero attached hydrogens (tertiary/aromatic N) is 4. The third-order valence-electron chi connectivity index (χ3n) is 4.01. The summed E-state index contributed by atoms with van der Waals surface area (Å²) in [5.41, 5.74) is -0.136. The van der Waals surface area contributed by atoms with Gasteiger partial charge in [-0.15, -0.1) is 0 Å². The minimum atomic E-state index is -1.67. The topological polar surface area (TPSA) is 94.0 Å². The van der Waals surface area contributed by atoms with Gasteiger partial charge < -0.3 is 15.4 Å². The fourth-order valence-electron chi connectivity index (χ4n) is 2.56. The first-order valence-electron chi connectivity index (χ1n) is 8.79. The van der Waals surface area contributed by atoms with Gasteiger partial charge in [-0.2, -0.15) is 0 Å². The van der Waals surface area contributed by atoms with Crippen molar-refractivity contribution >= 4 is 17.4 Å². The van der Waals surface area contributed by atoms with Crippen molar-refractivity contribution in [3.05, 3.63) is 85.0 Å². The number of rotatable bonds is 5. The van der Waals surface area contributed by atoms with E-state index < -0.39 is 29.2 Å². The second-order valence-corrected chi connectivity index (χ2v) is 6.11. The fourth-order valence-corrected chi connectivity index (χ4v) is 2.56. The minimum absolute atomic E-state index is 0.297. The van der Waals surface area contributed by atoms with E-state index in [1.807, 2.05) is 0 Å². The molecule has 2 aromatic heterocycles. The van der Waals surface area contributed by atoms with Gasteiger partial charge in [0, 0.05) is 24.1 Å². The summed E-state index contributed by atoms with van der Waals surface area (Å²) < 4.78 is 47.2. The van der Waals surface area contributed by atoms with E-state index in [1.165, 1.54) is 18.5 Å². The molecule has 0 saturated heterocycles.